The number of hydrogen-bond acceptors (Lipinski definition) is 4. The summed E-state index contributed by atoms with van der Waals surface area (Å²) in [5, 5.41) is 19.1. The average molecular weight is 362 g/mol. The van der Waals surface area contributed by atoms with E-state index in [-0.39, 0.29) is 5.69 Å². The van der Waals surface area contributed by atoms with Gasteiger partial charge >= 0.3 is 0 Å². The van der Waals surface area contributed by atoms with Crippen LogP contribution in [0.3, 0.4) is 0 Å². The Bertz CT molecular complexity index is 570. The molecule has 0 bridgehead atoms. The molecule has 2 rings (SSSR count). The van der Waals surface area contributed by atoms with Gasteiger partial charge in [-0.3, -0.25) is 10.1 Å². The summed E-state index contributed by atoms with van der Waals surface area (Å²) < 4.78 is 2.21. The Kier molecular flexibility index (Phi) is 3.53. The standard InChI is InChI=1S/C9H6Br2N4O2/c10-4-6-5-14(13-12-6)9-3-7(15(16)17)1-2-8(9)11/h1-3,5H,4H2. The predicted molar refractivity (Wildman–Crippen MR) is 68.3 cm³/mol. The maximum absolute atomic E-state index is 10.7. The van der Waals surface area contributed by atoms with Gasteiger partial charge in [0.1, 0.15) is 0 Å². The number of nitrogens with zero attached hydrogens (tertiary/aromatic N) is 4. The highest BCUT2D eigenvalue weighted by Gasteiger charge is 2.12. The highest BCUT2D eigenvalue weighted by molar-refractivity contribution is 9.10. The molecule has 1 aromatic heterocycles. The minimum Gasteiger partial charge on any atom is -0.258 e. The lowest BCUT2D eigenvalue weighted by atomic mass is 10.3. The molecule has 0 saturated heterocycles. The maximum Gasteiger partial charge on any atom is 0.271 e. The molecule has 2 aromatic rings. The van der Waals surface area contributed by atoms with Gasteiger partial charge in [0, 0.05) is 21.9 Å². The molecule has 0 unspecified atom stereocenters. The van der Waals surface area contributed by atoms with Crippen molar-refractivity contribution in [2.75, 3.05) is 0 Å². The molecule has 0 amide bonds. The van der Waals surface area contributed by atoms with E-state index < -0.39 is 4.92 Å². The van der Waals surface area contributed by atoms with Gasteiger partial charge in [0.25, 0.3) is 5.69 Å². The van der Waals surface area contributed by atoms with E-state index in [0.717, 1.165) is 5.69 Å². The van der Waals surface area contributed by atoms with E-state index in [1.54, 1.807) is 12.3 Å². The molecule has 0 radical (unpaired) electrons. The topological polar surface area (TPSA) is 73.8 Å². The van der Waals surface area contributed by atoms with Crippen LogP contribution in [-0.4, -0.2) is 19.9 Å². The van der Waals surface area contributed by atoms with Crippen LogP contribution in [0.5, 0.6) is 0 Å². The molecule has 17 heavy (non-hydrogen) atoms. The van der Waals surface area contributed by atoms with E-state index in [1.807, 2.05) is 0 Å². The van der Waals surface area contributed by atoms with Gasteiger partial charge in [0.2, 0.25) is 0 Å². The Balaban J connectivity index is 2.49. The number of rotatable bonds is 3. The first-order valence-corrected chi connectivity index (χ1v) is 6.45. The molecule has 0 aliphatic heterocycles. The Morgan fingerprint density at radius 1 is 1.47 bits per heavy atom. The monoisotopic (exact) mass is 360 g/mol. The fraction of sp³-hybridized carbons (Fsp3) is 0.111. The van der Waals surface area contributed by atoms with E-state index in [9.17, 15) is 10.1 Å². The van der Waals surface area contributed by atoms with Gasteiger partial charge < -0.3 is 0 Å². The van der Waals surface area contributed by atoms with E-state index in [4.69, 9.17) is 0 Å². The van der Waals surface area contributed by atoms with Gasteiger partial charge in [-0.15, -0.1) is 5.10 Å². The summed E-state index contributed by atoms with van der Waals surface area (Å²) in [5.41, 5.74) is 1.35. The minimum absolute atomic E-state index is 0.0130. The Labute approximate surface area is 113 Å². The summed E-state index contributed by atoms with van der Waals surface area (Å²) >= 11 is 6.59. The minimum atomic E-state index is -0.446. The Morgan fingerprint density at radius 3 is 2.82 bits per heavy atom. The Morgan fingerprint density at radius 2 is 2.24 bits per heavy atom. The molecule has 0 atom stereocenters. The van der Waals surface area contributed by atoms with Gasteiger partial charge in [0.05, 0.1) is 22.5 Å². The number of nitro groups is 1. The lowest BCUT2D eigenvalue weighted by Gasteiger charge is -2.02. The highest BCUT2D eigenvalue weighted by Crippen LogP contribution is 2.25. The third-order valence-electron chi connectivity index (χ3n) is 2.07. The summed E-state index contributed by atoms with van der Waals surface area (Å²) in [5.74, 6) is 0. The normalized spacial score (nSPS) is 10.5. The fourth-order valence-electron chi connectivity index (χ4n) is 1.27. The van der Waals surface area contributed by atoms with Crippen molar-refractivity contribution in [3.63, 3.8) is 0 Å². The lowest BCUT2D eigenvalue weighted by molar-refractivity contribution is -0.384. The quantitative estimate of drug-likeness (QED) is 0.478. The smallest absolute Gasteiger partial charge is 0.258 e. The van der Waals surface area contributed by atoms with Crippen LogP contribution in [0.4, 0.5) is 5.69 Å². The molecule has 1 heterocycles. The van der Waals surface area contributed by atoms with E-state index in [2.05, 4.69) is 42.2 Å². The number of aromatic nitrogens is 3. The molecule has 0 N–H and O–H groups in total. The van der Waals surface area contributed by atoms with Crippen molar-refractivity contribution in [3.05, 3.63) is 44.7 Å². The summed E-state index contributed by atoms with van der Waals surface area (Å²) in [6, 6.07) is 4.48. The first-order valence-electron chi connectivity index (χ1n) is 4.53. The highest BCUT2D eigenvalue weighted by atomic mass is 79.9. The molecule has 0 saturated carbocycles. The Hall–Kier alpha value is -1.28. The van der Waals surface area contributed by atoms with Crippen LogP contribution in [0.2, 0.25) is 0 Å². The molecule has 6 nitrogen and oxygen atoms in total. The van der Waals surface area contributed by atoms with Gasteiger partial charge in [-0.05, 0) is 22.0 Å². The zero-order valence-electron chi connectivity index (χ0n) is 8.38. The maximum atomic E-state index is 10.7. The van der Waals surface area contributed by atoms with E-state index in [0.29, 0.717) is 15.5 Å². The third-order valence-corrected chi connectivity index (χ3v) is 3.31. The van der Waals surface area contributed by atoms with Crippen LogP contribution < -0.4 is 0 Å². The van der Waals surface area contributed by atoms with Crippen molar-refractivity contribution < 1.29 is 4.92 Å². The van der Waals surface area contributed by atoms with E-state index in [1.165, 1.54) is 16.8 Å². The molecule has 0 spiro atoms. The summed E-state index contributed by atoms with van der Waals surface area (Å²) in [6.07, 6.45) is 1.71. The number of hydrogen-bond donors (Lipinski definition) is 0. The number of halogens is 2. The van der Waals surface area contributed by atoms with Crippen LogP contribution in [0.15, 0.2) is 28.9 Å². The van der Waals surface area contributed by atoms with Gasteiger partial charge in [-0.1, -0.05) is 21.1 Å². The number of non-ortho nitro benzene ring substituents is 1. The summed E-state index contributed by atoms with van der Waals surface area (Å²) in [6.45, 7) is 0. The SMILES string of the molecule is O=[N+]([O-])c1ccc(Br)c(-n2cc(CBr)nn2)c1. The lowest BCUT2D eigenvalue weighted by Crippen LogP contribution is -1.98. The van der Waals surface area contributed by atoms with Gasteiger partial charge in [-0.25, -0.2) is 4.68 Å². The fourth-order valence-corrected chi connectivity index (χ4v) is 1.95. The van der Waals surface area contributed by atoms with Crippen LogP contribution in [0.25, 0.3) is 5.69 Å². The van der Waals surface area contributed by atoms with Gasteiger partial charge in [-0.2, -0.15) is 0 Å². The first-order chi connectivity index (χ1) is 8.11. The second-order valence-electron chi connectivity index (χ2n) is 3.18. The molecule has 1 aromatic carbocycles. The van der Waals surface area contributed by atoms with Crippen molar-refractivity contribution in [2.24, 2.45) is 0 Å². The van der Waals surface area contributed by atoms with Crippen molar-refractivity contribution in [2.45, 2.75) is 5.33 Å². The van der Waals surface area contributed by atoms with Crippen molar-refractivity contribution in [3.8, 4) is 5.69 Å². The van der Waals surface area contributed by atoms with Crippen LogP contribution in [0.1, 0.15) is 5.69 Å². The zero-order chi connectivity index (χ0) is 12.4. The summed E-state index contributed by atoms with van der Waals surface area (Å²) in [7, 11) is 0. The third kappa shape index (κ3) is 2.52. The second kappa shape index (κ2) is 4.92. The number of alkyl halides is 1. The van der Waals surface area contributed by atoms with E-state index >= 15 is 0 Å². The molecule has 8 heteroatoms. The zero-order valence-corrected chi connectivity index (χ0v) is 11.5. The van der Waals surface area contributed by atoms with Crippen LogP contribution >= 0.6 is 31.9 Å². The first kappa shape index (κ1) is 12.2. The largest absolute Gasteiger partial charge is 0.271 e. The molecule has 0 aliphatic rings. The van der Waals surface area contributed by atoms with Crippen molar-refractivity contribution in [1.29, 1.82) is 0 Å². The number of benzene rings is 1. The molecular formula is C9H6Br2N4O2. The summed E-state index contributed by atoms with van der Waals surface area (Å²) in [4.78, 5) is 10.2. The van der Waals surface area contributed by atoms with Crippen molar-refractivity contribution in [1.82, 2.24) is 15.0 Å². The molecule has 0 aliphatic carbocycles. The molecule has 88 valence electrons. The van der Waals surface area contributed by atoms with Crippen LogP contribution in [-0.2, 0) is 5.33 Å². The average Bonchev–Trinajstić information content (AvgIpc) is 2.77. The number of nitro benzene ring substituents is 1. The predicted octanol–water partition coefficient (Wildman–Crippen LogP) is 2.83. The second-order valence-corrected chi connectivity index (χ2v) is 4.60. The van der Waals surface area contributed by atoms with Crippen LogP contribution in [0, 0.1) is 10.1 Å². The molecular weight excluding hydrogens is 356 g/mol. The van der Waals surface area contributed by atoms with Crippen molar-refractivity contribution >= 4 is 37.5 Å². The molecule has 0 fully saturated rings. The van der Waals surface area contributed by atoms with Gasteiger partial charge in [0.15, 0.2) is 0 Å².